The number of nitrogens with zero attached hydrogens (tertiary/aromatic N) is 3. The lowest BCUT2D eigenvalue weighted by atomic mass is 9.87. The van der Waals surface area contributed by atoms with E-state index < -0.39 is 0 Å². The van der Waals surface area contributed by atoms with Gasteiger partial charge in [0.05, 0.1) is 0 Å². The minimum absolute atomic E-state index is 0.255. The number of aryl methyl sites for hydroxylation is 1. The number of carbonyl (C=O) groups is 1. The van der Waals surface area contributed by atoms with Crippen LogP contribution in [0, 0.1) is 25.7 Å². The van der Waals surface area contributed by atoms with Crippen molar-refractivity contribution in [3.63, 3.8) is 0 Å². The van der Waals surface area contributed by atoms with Gasteiger partial charge in [0, 0.05) is 44.3 Å². The molecule has 0 atom stereocenters. The highest BCUT2D eigenvalue weighted by Gasteiger charge is 2.31. The van der Waals surface area contributed by atoms with Gasteiger partial charge < -0.3 is 14.7 Å². The van der Waals surface area contributed by atoms with Crippen molar-refractivity contribution in [3.8, 4) is 0 Å². The summed E-state index contributed by atoms with van der Waals surface area (Å²) >= 11 is 0. The molecule has 0 unspecified atom stereocenters. The Morgan fingerprint density at radius 3 is 2.28 bits per heavy atom. The molecule has 1 aliphatic carbocycles. The normalized spacial score (nSPS) is 22.8. The van der Waals surface area contributed by atoms with Crippen molar-refractivity contribution in [1.29, 1.82) is 0 Å². The summed E-state index contributed by atoms with van der Waals surface area (Å²) in [6, 6.07) is 6.55. The molecule has 3 fully saturated rings. The van der Waals surface area contributed by atoms with Crippen molar-refractivity contribution < 1.29 is 4.79 Å². The Balaban J connectivity index is 1.23. The number of hydrogen-bond donors (Lipinski definition) is 0. The first-order valence-electron chi connectivity index (χ1n) is 11.9. The Labute approximate surface area is 177 Å². The molecule has 0 radical (unpaired) electrons. The van der Waals surface area contributed by atoms with E-state index >= 15 is 0 Å². The van der Waals surface area contributed by atoms with Gasteiger partial charge in [0.1, 0.15) is 0 Å². The first-order chi connectivity index (χ1) is 14.1. The molecule has 4 nitrogen and oxygen atoms in total. The van der Waals surface area contributed by atoms with Crippen LogP contribution in [-0.2, 0) is 4.79 Å². The Bertz CT molecular complexity index is 681. The average molecular weight is 398 g/mol. The van der Waals surface area contributed by atoms with Gasteiger partial charge in [0.25, 0.3) is 0 Å². The van der Waals surface area contributed by atoms with Crippen LogP contribution in [0.4, 0.5) is 5.69 Å². The fourth-order valence-electron chi connectivity index (χ4n) is 5.60. The van der Waals surface area contributed by atoms with Crippen molar-refractivity contribution in [1.82, 2.24) is 9.80 Å². The van der Waals surface area contributed by atoms with Crippen molar-refractivity contribution in [2.75, 3.05) is 50.7 Å². The summed E-state index contributed by atoms with van der Waals surface area (Å²) in [7, 11) is 0. The maximum Gasteiger partial charge on any atom is 0.225 e. The van der Waals surface area contributed by atoms with Crippen LogP contribution in [0.25, 0.3) is 0 Å². The quantitative estimate of drug-likeness (QED) is 0.760. The van der Waals surface area contributed by atoms with Crippen molar-refractivity contribution in [2.24, 2.45) is 11.8 Å². The molecule has 1 aromatic carbocycles. The summed E-state index contributed by atoms with van der Waals surface area (Å²) < 4.78 is 0. The zero-order chi connectivity index (χ0) is 20.2. The van der Waals surface area contributed by atoms with Crippen LogP contribution in [0.5, 0.6) is 0 Å². The van der Waals surface area contributed by atoms with E-state index in [1.165, 1.54) is 55.5 Å². The van der Waals surface area contributed by atoms with E-state index in [0.29, 0.717) is 5.91 Å². The number of piperazine rings is 1. The largest absolute Gasteiger partial charge is 0.368 e. The molecular weight excluding hydrogens is 358 g/mol. The number of amides is 1. The number of likely N-dealkylation sites (tertiary alicyclic amines) is 1. The van der Waals surface area contributed by atoms with Crippen LogP contribution in [0.2, 0.25) is 0 Å². The van der Waals surface area contributed by atoms with Crippen LogP contribution >= 0.6 is 0 Å². The van der Waals surface area contributed by atoms with Gasteiger partial charge in [0.15, 0.2) is 0 Å². The van der Waals surface area contributed by atoms with E-state index in [9.17, 15) is 4.79 Å². The minimum atomic E-state index is 0.255. The molecule has 0 N–H and O–H groups in total. The highest BCUT2D eigenvalue weighted by molar-refractivity contribution is 5.79. The molecule has 0 aromatic heterocycles. The molecule has 0 spiro atoms. The number of carbonyl (C=O) groups excluding carboxylic acids is 1. The van der Waals surface area contributed by atoms with E-state index in [1.807, 2.05) is 0 Å². The number of rotatable bonds is 4. The lowest BCUT2D eigenvalue weighted by Gasteiger charge is -2.40. The van der Waals surface area contributed by atoms with Gasteiger partial charge in [-0.2, -0.15) is 0 Å². The molecule has 2 saturated heterocycles. The predicted octanol–water partition coefficient (Wildman–Crippen LogP) is 4.24. The van der Waals surface area contributed by atoms with E-state index in [4.69, 9.17) is 0 Å². The third-order valence-electron chi connectivity index (χ3n) is 7.69. The van der Waals surface area contributed by atoms with E-state index in [-0.39, 0.29) is 5.92 Å². The fraction of sp³-hybridized carbons (Fsp3) is 0.720. The average Bonchev–Trinajstić information content (AvgIpc) is 2.77. The summed E-state index contributed by atoms with van der Waals surface area (Å²) in [5, 5.41) is 0. The molecule has 29 heavy (non-hydrogen) atoms. The molecule has 0 bridgehead atoms. The van der Waals surface area contributed by atoms with E-state index in [0.717, 1.165) is 58.0 Å². The molecule has 1 amide bonds. The van der Waals surface area contributed by atoms with Gasteiger partial charge in [-0.05, 0) is 75.7 Å². The Kier molecular flexibility index (Phi) is 6.79. The molecule has 160 valence electrons. The van der Waals surface area contributed by atoms with Gasteiger partial charge in [-0.15, -0.1) is 0 Å². The molecule has 4 rings (SSSR count). The number of piperidine rings is 1. The molecule has 4 heteroatoms. The van der Waals surface area contributed by atoms with Gasteiger partial charge in [-0.25, -0.2) is 0 Å². The molecular formula is C25H39N3O. The smallest absolute Gasteiger partial charge is 0.225 e. The second-order valence-corrected chi connectivity index (χ2v) is 9.61. The first-order valence-corrected chi connectivity index (χ1v) is 11.9. The SMILES string of the molecule is Cc1cccc(N2CCN(C(=O)C3CCN(CC4CCCCC4)CC3)CC2)c1C. The highest BCUT2D eigenvalue weighted by Crippen LogP contribution is 2.28. The Morgan fingerprint density at radius 2 is 1.59 bits per heavy atom. The number of benzene rings is 1. The van der Waals surface area contributed by atoms with E-state index in [1.54, 1.807) is 0 Å². The molecule has 1 aromatic rings. The van der Waals surface area contributed by atoms with E-state index in [2.05, 4.69) is 46.7 Å². The predicted molar refractivity (Wildman–Crippen MR) is 120 cm³/mol. The summed E-state index contributed by atoms with van der Waals surface area (Å²) in [6.07, 6.45) is 9.24. The summed E-state index contributed by atoms with van der Waals surface area (Å²) in [5.41, 5.74) is 4.06. The minimum Gasteiger partial charge on any atom is -0.368 e. The molecule has 3 aliphatic rings. The lowest BCUT2D eigenvalue weighted by molar-refractivity contribution is -0.137. The maximum absolute atomic E-state index is 13.1. The monoisotopic (exact) mass is 397 g/mol. The topological polar surface area (TPSA) is 26.8 Å². The lowest BCUT2D eigenvalue weighted by Crippen LogP contribution is -2.52. The third-order valence-corrected chi connectivity index (χ3v) is 7.69. The van der Waals surface area contributed by atoms with Gasteiger partial charge in [-0.3, -0.25) is 4.79 Å². The third kappa shape index (κ3) is 4.96. The van der Waals surface area contributed by atoms with Crippen LogP contribution in [-0.4, -0.2) is 61.5 Å². The van der Waals surface area contributed by atoms with Crippen LogP contribution < -0.4 is 4.90 Å². The number of anilines is 1. The van der Waals surface area contributed by atoms with Crippen LogP contribution in [0.1, 0.15) is 56.1 Å². The zero-order valence-corrected chi connectivity index (χ0v) is 18.5. The van der Waals surface area contributed by atoms with Crippen molar-refractivity contribution in [2.45, 2.75) is 58.8 Å². The maximum atomic E-state index is 13.1. The number of hydrogen-bond acceptors (Lipinski definition) is 3. The van der Waals surface area contributed by atoms with Crippen LogP contribution in [0.15, 0.2) is 18.2 Å². The zero-order valence-electron chi connectivity index (χ0n) is 18.5. The van der Waals surface area contributed by atoms with Gasteiger partial charge in [-0.1, -0.05) is 31.4 Å². The standard InChI is InChI=1S/C25H39N3O/c1-20-7-6-10-24(21(20)2)27-15-17-28(18-16-27)25(29)23-11-13-26(14-12-23)19-22-8-4-3-5-9-22/h6-7,10,22-23H,3-5,8-9,11-19H2,1-2H3. The highest BCUT2D eigenvalue weighted by atomic mass is 16.2. The Hall–Kier alpha value is -1.55. The molecule has 1 saturated carbocycles. The fourth-order valence-corrected chi connectivity index (χ4v) is 5.60. The van der Waals surface area contributed by atoms with Gasteiger partial charge >= 0.3 is 0 Å². The second kappa shape index (κ2) is 9.51. The van der Waals surface area contributed by atoms with Crippen molar-refractivity contribution >= 4 is 11.6 Å². The van der Waals surface area contributed by atoms with Gasteiger partial charge in [0.2, 0.25) is 5.91 Å². The first kappa shape index (κ1) is 20.7. The molecule has 2 heterocycles. The summed E-state index contributed by atoms with van der Waals surface area (Å²) in [5.74, 6) is 1.59. The summed E-state index contributed by atoms with van der Waals surface area (Å²) in [6.45, 7) is 11.6. The second-order valence-electron chi connectivity index (χ2n) is 9.61. The van der Waals surface area contributed by atoms with Crippen LogP contribution in [0.3, 0.4) is 0 Å². The molecule has 2 aliphatic heterocycles. The van der Waals surface area contributed by atoms with Crippen molar-refractivity contribution in [3.05, 3.63) is 29.3 Å². The Morgan fingerprint density at radius 1 is 0.897 bits per heavy atom. The summed E-state index contributed by atoms with van der Waals surface area (Å²) in [4.78, 5) is 20.3.